The second kappa shape index (κ2) is 5.83. The van der Waals surface area contributed by atoms with E-state index in [-0.39, 0.29) is 0 Å². The Morgan fingerprint density at radius 1 is 1.00 bits per heavy atom. The highest BCUT2D eigenvalue weighted by Gasteiger charge is 1.98. The molecule has 0 saturated heterocycles. The van der Waals surface area contributed by atoms with Gasteiger partial charge in [0.2, 0.25) is 0 Å². The highest BCUT2D eigenvalue weighted by molar-refractivity contribution is 5.49. The molecule has 1 N–H and O–H groups in total. The molecule has 0 saturated carbocycles. The molecule has 3 rings (SSSR count). The second-order valence-corrected chi connectivity index (χ2v) is 5.37. The number of nitrogens with zero attached hydrogens (tertiary/aromatic N) is 2. The zero-order chi connectivity index (χ0) is 14.7. The van der Waals surface area contributed by atoms with Gasteiger partial charge in [-0.1, -0.05) is 18.2 Å². The lowest BCUT2D eigenvalue weighted by molar-refractivity contribution is 1.05. The SMILES string of the molecule is Cc1cc(C)cc(NCc2ccc(-n3ccnc3)cc2)c1. The van der Waals surface area contributed by atoms with Gasteiger partial charge in [-0.15, -0.1) is 0 Å². The zero-order valence-corrected chi connectivity index (χ0v) is 12.4. The van der Waals surface area contributed by atoms with Crippen LogP contribution in [0.2, 0.25) is 0 Å². The first-order valence-electron chi connectivity index (χ1n) is 7.10. The first-order chi connectivity index (χ1) is 10.2. The number of benzene rings is 2. The van der Waals surface area contributed by atoms with Crippen LogP contribution in [-0.2, 0) is 6.54 Å². The minimum absolute atomic E-state index is 0.826. The van der Waals surface area contributed by atoms with Crippen molar-refractivity contribution in [3.8, 4) is 5.69 Å². The summed E-state index contributed by atoms with van der Waals surface area (Å²) in [6.45, 7) is 5.07. The Bertz CT molecular complexity index is 692. The summed E-state index contributed by atoms with van der Waals surface area (Å²) in [5, 5.41) is 3.48. The second-order valence-electron chi connectivity index (χ2n) is 5.37. The molecule has 0 bridgehead atoms. The normalized spacial score (nSPS) is 10.6. The summed E-state index contributed by atoms with van der Waals surface area (Å²) >= 11 is 0. The Morgan fingerprint density at radius 2 is 1.71 bits per heavy atom. The van der Waals surface area contributed by atoms with Crippen LogP contribution in [0, 0.1) is 13.8 Å². The van der Waals surface area contributed by atoms with E-state index in [2.05, 4.69) is 66.6 Å². The Morgan fingerprint density at radius 3 is 2.33 bits per heavy atom. The average Bonchev–Trinajstić information content (AvgIpc) is 2.99. The average molecular weight is 277 g/mol. The molecule has 0 aliphatic heterocycles. The van der Waals surface area contributed by atoms with Crippen molar-refractivity contribution in [2.24, 2.45) is 0 Å². The van der Waals surface area contributed by atoms with Crippen LogP contribution in [-0.4, -0.2) is 9.55 Å². The van der Waals surface area contributed by atoms with E-state index in [4.69, 9.17) is 0 Å². The van der Waals surface area contributed by atoms with Gasteiger partial charge in [0.25, 0.3) is 0 Å². The summed E-state index contributed by atoms with van der Waals surface area (Å²) in [7, 11) is 0. The largest absolute Gasteiger partial charge is 0.381 e. The van der Waals surface area contributed by atoms with Crippen molar-refractivity contribution in [1.82, 2.24) is 9.55 Å². The van der Waals surface area contributed by atoms with E-state index in [1.165, 1.54) is 22.4 Å². The maximum Gasteiger partial charge on any atom is 0.0991 e. The van der Waals surface area contributed by atoms with Gasteiger partial charge in [0.15, 0.2) is 0 Å². The molecule has 0 aliphatic rings. The molecule has 1 aromatic heterocycles. The van der Waals surface area contributed by atoms with Gasteiger partial charge in [0.1, 0.15) is 0 Å². The summed E-state index contributed by atoms with van der Waals surface area (Å²) in [6, 6.07) is 15.0. The predicted molar refractivity (Wildman–Crippen MR) is 86.8 cm³/mol. The molecule has 0 atom stereocenters. The smallest absolute Gasteiger partial charge is 0.0991 e. The van der Waals surface area contributed by atoms with Crippen LogP contribution < -0.4 is 5.32 Å². The van der Waals surface area contributed by atoms with Crippen LogP contribution in [0.4, 0.5) is 5.69 Å². The van der Waals surface area contributed by atoms with Crippen LogP contribution in [0.3, 0.4) is 0 Å². The third kappa shape index (κ3) is 3.31. The van der Waals surface area contributed by atoms with E-state index in [0.717, 1.165) is 12.2 Å². The molecule has 0 radical (unpaired) electrons. The fourth-order valence-electron chi connectivity index (χ4n) is 2.48. The van der Waals surface area contributed by atoms with E-state index in [1.54, 1.807) is 6.20 Å². The van der Waals surface area contributed by atoms with Gasteiger partial charge < -0.3 is 9.88 Å². The Balaban J connectivity index is 1.68. The van der Waals surface area contributed by atoms with Crippen molar-refractivity contribution < 1.29 is 0 Å². The summed E-state index contributed by atoms with van der Waals surface area (Å²) in [5.74, 6) is 0. The van der Waals surface area contributed by atoms with Gasteiger partial charge >= 0.3 is 0 Å². The number of anilines is 1. The van der Waals surface area contributed by atoms with Gasteiger partial charge in [-0.05, 0) is 54.8 Å². The summed E-state index contributed by atoms with van der Waals surface area (Å²) < 4.78 is 2.00. The lowest BCUT2D eigenvalue weighted by Crippen LogP contribution is -2.00. The van der Waals surface area contributed by atoms with Crippen molar-refractivity contribution in [3.63, 3.8) is 0 Å². The molecular weight excluding hydrogens is 258 g/mol. The van der Waals surface area contributed by atoms with Crippen molar-refractivity contribution in [1.29, 1.82) is 0 Å². The van der Waals surface area contributed by atoms with Gasteiger partial charge in [-0.2, -0.15) is 0 Å². The lowest BCUT2D eigenvalue weighted by Gasteiger charge is -2.09. The first kappa shape index (κ1) is 13.4. The van der Waals surface area contributed by atoms with Crippen LogP contribution >= 0.6 is 0 Å². The molecule has 3 aromatic rings. The lowest BCUT2D eigenvalue weighted by atomic mass is 10.1. The maximum absolute atomic E-state index is 4.06. The molecule has 0 spiro atoms. The third-order valence-corrected chi connectivity index (χ3v) is 3.46. The van der Waals surface area contributed by atoms with Gasteiger partial charge in [-0.25, -0.2) is 4.98 Å². The van der Waals surface area contributed by atoms with Crippen LogP contribution in [0.15, 0.2) is 61.2 Å². The highest BCUT2D eigenvalue weighted by atomic mass is 15.0. The molecule has 0 unspecified atom stereocenters. The van der Waals surface area contributed by atoms with Crippen molar-refractivity contribution in [2.75, 3.05) is 5.32 Å². The van der Waals surface area contributed by atoms with Crippen LogP contribution in [0.1, 0.15) is 16.7 Å². The molecule has 21 heavy (non-hydrogen) atoms. The van der Waals surface area contributed by atoms with Gasteiger partial charge in [-0.3, -0.25) is 0 Å². The van der Waals surface area contributed by atoms with E-state index in [1.807, 2.05) is 17.1 Å². The predicted octanol–water partition coefficient (Wildman–Crippen LogP) is 4.10. The molecule has 0 amide bonds. The Labute approximate surface area is 125 Å². The number of aromatic nitrogens is 2. The number of hydrogen-bond acceptors (Lipinski definition) is 2. The van der Waals surface area contributed by atoms with Crippen molar-refractivity contribution in [3.05, 3.63) is 77.9 Å². The first-order valence-corrected chi connectivity index (χ1v) is 7.10. The number of hydrogen-bond donors (Lipinski definition) is 1. The van der Waals surface area contributed by atoms with Crippen LogP contribution in [0.25, 0.3) is 5.69 Å². The molecule has 3 heteroatoms. The summed E-state index contributed by atoms with van der Waals surface area (Å²) in [6.07, 6.45) is 5.54. The number of imidazole rings is 1. The standard InChI is InChI=1S/C18H19N3/c1-14-9-15(2)11-17(10-14)20-12-16-3-5-18(6-4-16)21-8-7-19-13-21/h3-11,13,20H,12H2,1-2H3. The van der Waals surface area contributed by atoms with Gasteiger partial charge in [0, 0.05) is 30.3 Å². The van der Waals surface area contributed by atoms with E-state index in [0.29, 0.717) is 0 Å². The quantitative estimate of drug-likeness (QED) is 0.778. The fraction of sp³-hybridized carbons (Fsp3) is 0.167. The summed E-state index contributed by atoms with van der Waals surface area (Å²) in [4.78, 5) is 4.06. The topological polar surface area (TPSA) is 29.9 Å². The molecule has 106 valence electrons. The third-order valence-electron chi connectivity index (χ3n) is 3.46. The highest BCUT2D eigenvalue weighted by Crippen LogP contribution is 2.15. The molecular formula is C18H19N3. The number of rotatable bonds is 4. The molecule has 0 fully saturated rings. The van der Waals surface area contributed by atoms with E-state index < -0.39 is 0 Å². The molecule has 0 aliphatic carbocycles. The monoisotopic (exact) mass is 277 g/mol. The molecule has 2 aromatic carbocycles. The Kier molecular flexibility index (Phi) is 3.73. The minimum Gasteiger partial charge on any atom is -0.381 e. The van der Waals surface area contributed by atoms with E-state index >= 15 is 0 Å². The van der Waals surface area contributed by atoms with E-state index in [9.17, 15) is 0 Å². The Hall–Kier alpha value is -2.55. The molecule has 1 heterocycles. The number of nitrogens with one attached hydrogen (secondary N) is 1. The summed E-state index contributed by atoms with van der Waals surface area (Å²) in [5.41, 5.74) is 6.13. The zero-order valence-electron chi connectivity index (χ0n) is 12.4. The number of aryl methyl sites for hydroxylation is 2. The van der Waals surface area contributed by atoms with Crippen molar-refractivity contribution in [2.45, 2.75) is 20.4 Å². The van der Waals surface area contributed by atoms with Crippen LogP contribution in [0.5, 0.6) is 0 Å². The minimum atomic E-state index is 0.826. The van der Waals surface area contributed by atoms with Gasteiger partial charge in [0.05, 0.1) is 6.33 Å². The molecule has 3 nitrogen and oxygen atoms in total. The van der Waals surface area contributed by atoms with Crippen molar-refractivity contribution >= 4 is 5.69 Å². The maximum atomic E-state index is 4.06. The fourth-order valence-corrected chi connectivity index (χ4v) is 2.48.